The summed E-state index contributed by atoms with van der Waals surface area (Å²) in [6.45, 7) is 5.24. The van der Waals surface area contributed by atoms with Gasteiger partial charge in [0.15, 0.2) is 0 Å². The molecule has 1 heterocycles. The number of nitrogens with two attached hydrogens (primary N) is 1. The van der Waals surface area contributed by atoms with Crippen molar-refractivity contribution in [3.63, 3.8) is 0 Å². The molecule has 0 aliphatic rings. The van der Waals surface area contributed by atoms with Crippen LogP contribution in [0.25, 0.3) is 0 Å². The van der Waals surface area contributed by atoms with E-state index in [1.807, 2.05) is 11.9 Å². The van der Waals surface area contributed by atoms with E-state index in [-0.39, 0.29) is 0 Å². The number of hydrogen-bond acceptors (Lipinski definition) is 4. The lowest BCUT2D eigenvalue weighted by molar-refractivity contribution is 0.630. The van der Waals surface area contributed by atoms with E-state index in [1.165, 1.54) is 0 Å². The van der Waals surface area contributed by atoms with E-state index < -0.39 is 0 Å². The van der Waals surface area contributed by atoms with Gasteiger partial charge in [0.05, 0.1) is 0 Å². The maximum atomic E-state index is 5.37. The zero-order valence-corrected chi connectivity index (χ0v) is 7.70. The van der Waals surface area contributed by atoms with Crippen molar-refractivity contribution in [1.82, 2.24) is 15.2 Å². The molecule has 0 bridgehead atoms. The fourth-order valence-corrected chi connectivity index (χ4v) is 1.07. The number of aromatic nitrogens is 3. The van der Waals surface area contributed by atoms with Gasteiger partial charge in [0.25, 0.3) is 0 Å². The first-order valence-corrected chi connectivity index (χ1v) is 3.98. The van der Waals surface area contributed by atoms with Crippen molar-refractivity contribution in [2.45, 2.75) is 13.8 Å². The van der Waals surface area contributed by atoms with Crippen molar-refractivity contribution >= 4 is 11.9 Å². The summed E-state index contributed by atoms with van der Waals surface area (Å²) in [5, 5.41) is 6.50. The highest BCUT2D eigenvalue weighted by molar-refractivity contribution is 5.32. The van der Waals surface area contributed by atoms with Crippen LogP contribution in [0.5, 0.6) is 0 Å². The molecule has 0 aliphatic carbocycles. The van der Waals surface area contributed by atoms with Crippen molar-refractivity contribution in [2.75, 3.05) is 24.2 Å². The number of nitrogens with one attached hydrogen (secondary N) is 1. The van der Waals surface area contributed by atoms with Crippen molar-refractivity contribution < 1.29 is 0 Å². The van der Waals surface area contributed by atoms with Gasteiger partial charge in [-0.3, -0.25) is 0 Å². The molecule has 0 fully saturated rings. The maximum Gasteiger partial charge on any atom is 0.241 e. The fourth-order valence-electron chi connectivity index (χ4n) is 1.07. The molecule has 0 radical (unpaired) electrons. The van der Waals surface area contributed by atoms with Gasteiger partial charge >= 0.3 is 0 Å². The Morgan fingerprint density at radius 2 is 2.25 bits per heavy atom. The van der Waals surface area contributed by atoms with E-state index in [0.29, 0.717) is 11.9 Å². The van der Waals surface area contributed by atoms with Gasteiger partial charge in [0.2, 0.25) is 11.9 Å². The molecule has 1 aromatic heterocycles. The highest BCUT2D eigenvalue weighted by atomic mass is 15.4. The summed E-state index contributed by atoms with van der Waals surface area (Å²) in [6.07, 6.45) is 0. The predicted molar refractivity (Wildman–Crippen MR) is 48.9 cm³/mol. The molecular formula is C7H15N5. The predicted octanol–water partition coefficient (Wildman–Crippen LogP) is 0.479. The van der Waals surface area contributed by atoms with E-state index in [4.69, 9.17) is 5.73 Å². The summed E-state index contributed by atoms with van der Waals surface area (Å²) in [5.41, 5.74) is 5.37. The van der Waals surface area contributed by atoms with Crippen LogP contribution in [0.15, 0.2) is 0 Å². The van der Waals surface area contributed by atoms with E-state index >= 15 is 0 Å². The van der Waals surface area contributed by atoms with Gasteiger partial charge in [-0.05, 0) is 5.92 Å². The molecule has 5 heteroatoms. The second-order valence-electron chi connectivity index (χ2n) is 3.29. The molecule has 0 saturated carbocycles. The Hall–Kier alpha value is -1.26. The normalized spacial score (nSPS) is 10.7. The molecule has 5 nitrogen and oxygen atoms in total. The van der Waals surface area contributed by atoms with E-state index in [1.54, 1.807) is 0 Å². The van der Waals surface area contributed by atoms with Crippen LogP contribution in [0, 0.1) is 5.92 Å². The Morgan fingerprint density at radius 3 is 2.67 bits per heavy atom. The monoisotopic (exact) mass is 169 g/mol. The topological polar surface area (TPSA) is 70.8 Å². The average Bonchev–Trinajstić information content (AvgIpc) is 2.34. The number of rotatable bonds is 3. The van der Waals surface area contributed by atoms with Crippen molar-refractivity contribution in [3.8, 4) is 0 Å². The van der Waals surface area contributed by atoms with Gasteiger partial charge in [-0.1, -0.05) is 13.8 Å². The van der Waals surface area contributed by atoms with Crippen LogP contribution in [0.4, 0.5) is 11.9 Å². The molecule has 1 aromatic rings. The third-order valence-corrected chi connectivity index (χ3v) is 1.49. The van der Waals surface area contributed by atoms with Crippen LogP contribution in [-0.4, -0.2) is 28.8 Å². The Balaban J connectivity index is 2.58. The lowest BCUT2D eigenvalue weighted by Crippen LogP contribution is -2.23. The molecule has 0 atom stereocenters. The summed E-state index contributed by atoms with van der Waals surface area (Å²) >= 11 is 0. The Bertz CT molecular complexity index is 242. The van der Waals surface area contributed by atoms with Crippen molar-refractivity contribution in [3.05, 3.63) is 0 Å². The first-order valence-electron chi connectivity index (χ1n) is 3.98. The molecule has 0 aromatic carbocycles. The second-order valence-corrected chi connectivity index (χ2v) is 3.29. The standard InChI is InChI=1S/C7H15N5/c1-5(2)4-12(3)7-9-6(8)10-11-7/h5H,4H2,1-3H3,(H3,8,9,10,11). The molecule has 0 aliphatic heterocycles. The molecule has 12 heavy (non-hydrogen) atoms. The van der Waals surface area contributed by atoms with Crippen LogP contribution in [0.3, 0.4) is 0 Å². The molecule has 0 saturated heterocycles. The van der Waals surface area contributed by atoms with Crippen molar-refractivity contribution in [2.24, 2.45) is 5.92 Å². The number of anilines is 2. The Labute approximate surface area is 72.0 Å². The molecule has 0 unspecified atom stereocenters. The van der Waals surface area contributed by atoms with Gasteiger partial charge in [-0.2, -0.15) is 4.98 Å². The largest absolute Gasteiger partial charge is 0.366 e. The zero-order valence-electron chi connectivity index (χ0n) is 7.70. The summed E-state index contributed by atoms with van der Waals surface area (Å²) in [4.78, 5) is 5.99. The van der Waals surface area contributed by atoms with Gasteiger partial charge in [0.1, 0.15) is 0 Å². The number of hydrogen-bond donors (Lipinski definition) is 2. The van der Waals surface area contributed by atoms with E-state index in [0.717, 1.165) is 12.5 Å². The van der Waals surface area contributed by atoms with Gasteiger partial charge < -0.3 is 10.6 Å². The first kappa shape index (κ1) is 8.83. The smallest absolute Gasteiger partial charge is 0.241 e. The lowest BCUT2D eigenvalue weighted by atomic mass is 10.2. The molecular weight excluding hydrogens is 154 g/mol. The SMILES string of the molecule is CC(C)CN(C)c1nc(N)n[nH]1. The minimum Gasteiger partial charge on any atom is -0.366 e. The van der Waals surface area contributed by atoms with Crippen LogP contribution in [0.1, 0.15) is 13.8 Å². The second kappa shape index (κ2) is 3.42. The van der Waals surface area contributed by atoms with Crippen molar-refractivity contribution in [1.29, 1.82) is 0 Å². The number of nitrogen functional groups attached to an aromatic ring is 1. The Morgan fingerprint density at radius 1 is 1.58 bits per heavy atom. The summed E-state index contributed by atoms with van der Waals surface area (Å²) in [6, 6.07) is 0. The third-order valence-electron chi connectivity index (χ3n) is 1.49. The highest BCUT2D eigenvalue weighted by Gasteiger charge is 2.06. The van der Waals surface area contributed by atoms with Crippen LogP contribution < -0.4 is 10.6 Å². The van der Waals surface area contributed by atoms with E-state index in [9.17, 15) is 0 Å². The average molecular weight is 169 g/mol. The quantitative estimate of drug-likeness (QED) is 0.690. The van der Waals surface area contributed by atoms with Gasteiger partial charge in [-0.15, -0.1) is 5.10 Å². The maximum absolute atomic E-state index is 5.37. The molecule has 3 N–H and O–H groups in total. The summed E-state index contributed by atoms with van der Waals surface area (Å²) in [7, 11) is 1.96. The van der Waals surface area contributed by atoms with Crippen LogP contribution in [-0.2, 0) is 0 Å². The number of aromatic amines is 1. The first-order chi connectivity index (χ1) is 5.59. The molecule has 0 amide bonds. The molecule has 1 rings (SSSR count). The molecule has 68 valence electrons. The third kappa shape index (κ3) is 2.11. The number of nitrogens with zero attached hydrogens (tertiary/aromatic N) is 3. The summed E-state index contributed by atoms with van der Waals surface area (Å²) in [5.74, 6) is 1.61. The minimum absolute atomic E-state index is 0.292. The highest BCUT2D eigenvalue weighted by Crippen LogP contribution is 2.07. The van der Waals surface area contributed by atoms with Crippen LogP contribution in [0.2, 0.25) is 0 Å². The van der Waals surface area contributed by atoms with E-state index in [2.05, 4.69) is 29.0 Å². The zero-order chi connectivity index (χ0) is 9.14. The summed E-state index contributed by atoms with van der Waals surface area (Å²) < 4.78 is 0. The lowest BCUT2D eigenvalue weighted by Gasteiger charge is -2.17. The minimum atomic E-state index is 0.292. The Kier molecular flexibility index (Phi) is 2.52. The van der Waals surface area contributed by atoms with Crippen LogP contribution >= 0.6 is 0 Å². The fraction of sp³-hybridized carbons (Fsp3) is 0.714. The van der Waals surface area contributed by atoms with Gasteiger partial charge in [-0.25, -0.2) is 5.10 Å². The van der Waals surface area contributed by atoms with Gasteiger partial charge in [0, 0.05) is 13.6 Å². The number of H-pyrrole nitrogens is 1. The molecule has 0 spiro atoms.